The second kappa shape index (κ2) is 8.58. The predicted octanol–water partition coefficient (Wildman–Crippen LogP) is 4.04. The van der Waals surface area contributed by atoms with Gasteiger partial charge < -0.3 is 9.64 Å². The quantitative estimate of drug-likeness (QED) is 0.621. The minimum atomic E-state index is -4.87. The number of sulfonamides is 1. The van der Waals surface area contributed by atoms with E-state index in [1.807, 2.05) is 4.90 Å². The molecule has 0 spiro atoms. The third kappa shape index (κ3) is 4.73. The van der Waals surface area contributed by atoms with E-state index in [1.54, 1.807) is 6.07 Å². The van der Waals surface area contributed by atoms with E-state index in [1.165, 1.54) is 13.0 Å². The van der Waals surface area contributed by atoms with Crippen molar-refractivity contribution in [3.05, 3.63) is 47.8 Å². The highest BCUT2D eigenvalue weighted by Crippen LogP contribution is 2.42. The van der Waals surface area contributed by atoms with Gasteiger partial charge in [0.2, 0.25) is 0 Å². The van der Waals surface area contributed by atoms with Gasteiger partial charge in [-0.25, -0.2) is 12.8 Å². The van der Waals surface area contributed by atoms with E-state index in [-0.39, 0.29) is 9.77 Å². The molecule has 5 nitrogen and oxygen atoms in total. The van der Waals surface area contributed by atoms with Gasteiger partial charge in [-0.1, -0.05) is 19.1 Å². The van der Waals surface area contributed by atoms with Gasteiger partial charge in [0.25, 0.3) is 10.0 Å². The Morgan fingerprint density at radius 2 is 1.76 bits per heavy atom. The zero-order chi connectivity index (χ0) is 21.2. The van der Waals surface area contributed by atoms with Crippen molar-refractivity contribution in [3.63, 3.8) is 0 Å². The molecular weight excluding hydrogens is 432 g/mol. The highest BCUT2D eigenvalue weighted by atomic mass is 32.2. The van der Waals surface area contributed by atoms with Crippen LogP contribution in [0, 0.1) is 5.82 Å². The minimum absolute atomic E-state index is 0.169. The lowest BCUT2D eigenvalue weighted by Crippen LogP contribution is -2.42. The van der Waals surface area contributed by atoms with Crippen LogP contribution in [-0.2, 0) is 14.8 Å². The molecule has 1 aromatic heterocycles. The Hall–Kier alpha value is -1.69. The third-order valence-electron chi connectivity index (χ3n) is 4.55. The smallest absolute Gasteiger partial charge is 0.378 e. The van der Waals surface area contributed by atoms with Crippen molar-refractivity contribution in [2.24, 2.45) is 0 Å². The summed E-state index contributed by atoms with van der Waals surface area (Å²) in [6.45, 7) is 3.12. The van der Waals surface area contributed by atoms with Crippen LogP contribution in [0.25, 0.3) is 0 Å². The molecular formula is C18H20F4N2O3S2. The first-order valence-electron chi connectivity index (χ1n) is 8.91. The summed E-state index contributed by atoms with van der Waals surface area (Å²) in [6.07, 6.45) is -4.87. The number of nitrogens with zero attached hydrogens (tertiary/aromatic N) is 2. The van der Waals surface area contributed by atoms with Crippen LogP contribution in [0.15, 0.2) is 40.6 Å². The molecule has 0 aliphatic carbocycles. The molecule has 1 aliphatic rings. The van der Waals surface area contributed by atoms with E-state index in [2.05, 4.69) is 0 Å². The molecule has 0 N–H and O–H groups in total. The molecule has 1 saturated heterocycles. The van der Waals surface area contributed by atoms with Crippen molar-refractivity contribution in [1.82, 2.24) is 4.31 Å². The normalized spacial score (nSPS) is 17.0. The number of halogens is 4. The lowest BCUT2D eigenvalue weighted by Gasteiger charge is -2.31. The molecule has 0 radical (unpaired) electrons. The maximum Gasteiger partial charge on any atom is 0.409 e. The van der Waals surface area contributed by atoms with Crippen LogP contribution in [0.1, 0.15) is 18.5 Å². The summed E-state index contributed by atoms with van der Waals surface area (Å²) in [5, 5.41) is 0.660. The minimum Gasteiger partial charge on any atom is -0.378 e. The van der Waals surface area contributed by atoms with Crippen LogP contribution in [0.5, 0.6) is 0 Å². The van der Waals surface area contributed by atoms with Crippen molar-refractivity contribution in [2.75, 3.05) is 37.7 Å². The second-order valence-electron chi connectivity index (χ2n) is 6.40. The first-order chi connectivity index (χ1) is 13.6. The van der Waals surface area contributed by atoms with E-state index in [4.69, 9.17) is 4.74 Å². The van der Waals surface area contributed by atoms with Crippen molar-refractivity contribution in [3.8, 4) is 0 Å². The van der Waals surface area contributed by atoms with Gasteiger partial charge in [-0.05, 0) is 29.8 Å². The van der Waals surface area contributed by atoms with Crippen molar-refractivity contribution >= 4 is 26.4 Å². The fraction of sp³-hybridized carbons (Fsp3) is 0.444. The maximum absolute atomic E-state index is 13.9. The first-order valence-corrected chi connectivity index (χ1v) is 11.2. The molecule has 1 aromatic carbocycles. The Bertz CT molecular complexity index is 923. The Kier molecular flexibility index (Phi) is 6.51. The Morgan fingerprint density at radius 3 is 2.31 bits per heavy atom. The number of hydrogen-bond donors (Lipinski definition) is 0. The molecule has 1 aliphatic heterocycles. The summed E-state index contributed by atoms with van der Waals surface area (Å²) in [5.74, 6) is -0.700. The molecule has 1 atom stereocenters. The number of morpholine rings is 1. The third-order valence-corrected chi connectivity index (χ3v) is 8.10. The number of anilines is 1. The van der Waals surface area contributed by atoms with E-state index < -0.39 is 34.6 Å². The zero-order valence-electron chi connectivity index (χ0n) is 15.5. The van der Waals surface area contributed by atoms with E-state index in [0.717, 1.165) is 35.6 Å². The van der Waals surface area contributed by atoms with Gasteiger partial charge in [0.1, 0.15) is 16.1 Å². The highest BCUT2D eigenvalue weighted by molar-refractivity contribution is 7.91. The molecule has 160 valence electrons. The number of benzene rings is 1. The summed E-state index contributed by atoms with van der Waals surface area (Å²) in [6, 6.07) is 4.19. The summed E-state index contributed by atoms with van der Waals surface area (Å²) >= 11 is 0.929. The van der Waals surface area contributed by atoms with Gasteiger partial charge in [-0.15, -0.1) is 11.3 Å². The number of ether oxygens (including phenoxy) is 1. The van der Waals surface area contributed by atoms with Gasteiger partial charge in [0.05, 0.1) is 18.2 Å². The van der Waals surface area contributed by atoms with Gasteiger partial charge in [0.15, 0.2) is 0 Å². The van der Waals surface area contributed by atoms with Crippen LogP contribution in [0.3, 0.4) is 0 Å². The molecule has 3 rings (SSSR count). The largest absolute Gasteiger partial charge is 0.409 e. The molecule has 11 heteroatoms. The van der Waals surface area contributed by atoms with Crippen molar-refractivity contribution in [2.45, 2.75) is 23.4 Å². The van der Waals surface area contributed by atoms with Crippen LogP contribution in [0.2, 0.25) is 0 Å². The molecule has 1 fully saturated rings. The fourth-order valence-corrected chi connectivity index (χ4v) is 6.26. The van der Waals surface area contributed by atoms with E-state index in [0.29, 0.717) is 35.6 Å². The van der Waals surface area contributed by atoms with Crippen LogP contribution >= 0.6 is 11.3 Å². The van der Waals surface area contributed by atoms with Crippen LogP contribution in [-0.4, -0.2) is 51.7 Å². The molecule has 2 heterocycles. The molecule has 0 saturated carbocycles. The monoisotopic (exact) mass is 452 g/mol. The summed E-state index contributed by atoms with van der Waals surface area (Å²) in [7, 11) is -4.43. The Balaban J connectivity index is 1.97. The zero-order valence-corrected chi connectivity index (χ0v) is 17.2. The summed E-state index contributed by atoms with van der Waals surface area (Å²) < 4.78 is 86.5. The first kappa shape index (κ1) is 22.0. The number of rotatable bonds is 6. The molecule has 0 bridgehead atoms. The number of hydrogen-bond acceptors (Lipinski definition) is 5. The van der Waals surface area contributed by atoms with E-state index >= 15 is 0 Å². The standard InChI is InChI=1S/C18H20F4N2O3S2/c1-2-24(17(18(20,21)22)13-3-5-14(19)6-4-13)29(25,26)16-8-7-15(28-16)23-9-11-27-12-10-23/h3-8,17H,2,9-12H2,1H3/t17-/m1/s1. The second-order valence-corrected chi connectivity index (χ2v) is 9.58. The van der Waals surface area contributed by atoms with Gasteiger partial charge >= 0.3 is 6.18 Å². The average Bonchev–Trinajstić information content (AvgIpc) is 3.18. The number of thiophene rings is 1. The molecule has 0 amide bonds. The maximum atomic E-state index is 13.9. The average molecular weight is 452 g/mol. The van der Waals surface area contributed by atoms with Crippen molar-refractivity contribution < 1.29 is 30.7 Å². The van der Waals surface area contributed by atoms with Crippen LogP contribution in [0.4, 0.5) is 22.6 Å². The van der Waals surface area contributed by atoms with Gasteiger partial charge in [0, 0.05) is 19.6 Å². The Morgan fingerprint density at radius 1 is 1.14 bits per heavy atom. The Labute approximate surface area is 170 Å². The summed E-state index contributed by atoms with van der Waals surface area (Å²) in [5.41, 5.74) is -0.339. The molecule has 2 aromatic rings. The topological polar surface area (TPSA) is 49.9 Å². The lowest BCUT2D eigenvalue weighted by atomic mass is 10.1. The predicted molar refractivity (Wildman–Crippen MR) is 102 cm³/mol. The molecule has 29 heavy (non-hydrogen) atoms. The van der Waals surface area contributed by atoms with E-state index in [9.17, 15) is 26.0 Å². The van der Waals surface area contributed by atoms with Gasteiger partial charge in [-0.3, -0.25) is 0 Å². The van der Waals surface area contributed by atoms with Crippen LogP contribution < -0.4 is 4.90 Å². The fourth-order valence-electron chi connectivity index (χ4n) is 3.17. The molecule has 0 unspecified atom stereocenters. The summed E-state index contributed by atoms with van der Waals surface area (Å²) in [4.78, 5) is 1.94. The van der Waals surface area contributed by atoms with Crippen molar-refractivity contribution in [1.29, 1.82) is 0 Å². The SMILES string of the molecule is CCN([C@H](c1ccc(F)cc1)C(F)(F)F)S(=O)(=O)c1ccc(N2CCOCC2)s1. The van der Waals surface area contributed by atoms with Gasteiger partial charge in [-0.2, -0.15) is 17.5 Å². The highest BCUT2D eigenvalue weighted by Gasteiger charge is 2.49. The number of alkyl halides is 3. The lowest BCUT2D eigenvalue weighted by molar-refractivity contribution is -0.173.